The summed E-state index contributed by atoms with van der Waals surface area (Å²) in [4.78, 5) is 16.0. The van der Waals surface area contributed by atoms with Crippen LogP contribution in [0.3, 0.4) is 0 Å². The lowest BCUT2D eigenvalue weighted by Gasteiger charge is -2.08. The lowest BCUT2D eigenvalue weighted by atomic mass is 10.1. The van der Waals surface area contributed by atoms with Gasteiger partial charge in [0.25, 0.3) is 0 Å². The van der Waals surface area contributed by atoms with E-state index in [0.717, 1.165) is 0 Å². The second kappa shape index (κ2) is 4.59. The summed E-state index contributed by atoms with van der Waals surface area (Å²) in [6.07, 6.45) is 0. The molecule has 0 bridgehead atoms. The molecule has 1 aromatic heterocycles. The van der Waals surface area contributed by atoms with Gasteiger partial charge in [0.05, 0.1) is 18.2 Å². The molecule has 2 aromatic rings. The van der Waals surface area contributed by atoms with E-state index < -0.39 is 5.97 Å². The molecule has 0 saturated carbocycles. The van der Waals surface area contributed by atoms with Crippen LogP contribution in [0.1, 0.15) is 10.4 Å². The van der Waals surface area contributed by atoms with Gasteiger partial charge in [0.2, 0.25) is 0 Å². The number of rotatable bonds is 2. The highest BCUT2D eigenvalue weighted by atomic mass is 35.5. The summed E-state index contributed by atoms with van der Waals surface area (Å²) in [5.74, 6) is 0.205. The number of anilines is 1. The lowest BCUT2D eigenvalue weighted by Crippen LogP contribution is -2.05. The van der Waals surface area contributed by atoms with Gasteiger partial charge in [-0.2, -0.15) is 0 Å². The minimum atomic E-state index is -0.406. The van der Waals surface area contributed by atoms with Gasteiger partial charge in [0, 0.05) is 17.5 Å². The molecule has 1 heterocycles. The fraction of sp³-hybridized carbons (Fsp3) is 0.167. The molecule has 5 heteroatoms. The van der Waals surface area contributed by atoms with E-state index in [2.05, 4.69) is 10.3 Å². The van der Waals surface area contributed by atoms with E-state index in [1.807, 2.05) is 0 Å². The summed E-state index contributed by atoms with van der Waals surface area (Å²) in [6, 6.07) is 6.85. The predicted molar refractivity (Wildman–Crippen MR) is 67.6 cm³/mol. The normalized spacial score (nSPS) is 10.3. The molecule has 88 valence electrons. The number of pyridine rings is 1. The summed E-state index contributed by atoms with van der Waals surface area (Å²) in [5.41, 5.74) is 1.14. The second-order valence-corrected chi connectivity index (χ2v) is 3.89. The molecule has 0 aliphatic carbocycles. The Morgan fingerprint density at radius 2 is 2.18 bits per heavy atom. The number of nitrogens with one attached hydrogen (secondary N) is 1. The molecule has 0 spiro atoms. The number of carbonyl (C=O) groups excluding carboxylic acids is 1. The molecule has 0 radical (unpaired) electrons. The monoisotopic (exact) mass is 250 g/mol. The van der Waals surface area contributed by atoms with E-state index in [-0.39, 0.29) is 0 Å². The predicted octanol–water partition coefficient (Wildman–Crippen LogP) is 2.72. The van der Waals surface area contributed by atoms with E-state index in [0.29, 0.717) is 27.3 Å². The Hall–Kier alpha value is -1.81. The van der Waals surface area contributed by atoms with Gasteiger partial charge in [-0.15, -0.1) is 0 Å². The maximum atomic E-state index is 11.7. The number of hydrogen-bond acceptors (Lipinski definition) is 4. The van der Waals surface area contributed by atoms with Gasteiger partial charge in [0.1, 0.15) is 5.82 Å². The number of benzene rings is 1. The second-order valence-electron chi connectivity index (χ2n) is 3.46. The van der Waals surface area contributed by atoms with Crippen molar-refractivity contribution < 1.29 is 9.53 Å². The summed E-state index contributed by atoms with van der Waals surface area (Å²) >= 11 is 5.92. The van der Waals surface area contributed by atoms with Crippen molar-refractivity contribution in [2.24, 2.45) is 0 Å². The fourth-order valence-electron chi connectivity index (χ4n) is 1.60. The highest BCUT2D eigenvalue weighted by Gasteiger charge is 2.13. The Morgan fingerprint density at radius 1 is 1.41 bits per heavy atom. The molecule has 0 aliphatic rings. The summed E-state index contributed by atoms with van der Waals surface area (Å²) in [6.45, 7) is 0. The van der Waals surface area contributed by atoms with E-state index >= 15 is 0 Å². The van der Waals surface area contributed by atoms with Crippen LogP contribution < -0.4 is 5.32 Å². The topological polar surface area (TPSA) is 51.2 Å². The molecule has 1 N–H and O–H groups in total. The Morgan fingerprint density at radius 3 is 2.82 bits per heavy atom. The van der Waals surface area contributed by atoms with Crippen LogP contribution in [0.25, 0.3) is 10.9 Å². The van der Waals surface area contributed by atoms with Gasteiger partial charge >= 0.3 is 5.97 Å². The van der Waals surface area contributed by atoms with Gasteiger partial charge in [0.15, 0.2) is 0 Å². The number of carbonyl (C=O) groups is 1. The number of halogens is 1. The van der Waals surface area contributed by atoms with Crippen LogP contribution >= 0.6 is 11.6 Å². The van der Waals surface area contributed by atoms with Crippen LogP contribution in [0.15, 0.2) is 24.3 Å². The molecule has 0 unspecified atom stereocenters. The summed E-state index contributed by atoms with van der Waals surface area (Å²) in [5, 5.41) is 4.14. The highest BCUT2D eigenvalue weighted by molar-refractivity contribution is 6.31. The number of ether oxygens (including phenoxy) is 1. The van der Waals surface area contributed by atoms with Crippen molar-refractivity contribution >= 4 is 34.3 Å². The molecule has 0 atom stereocenters. The van der Waals surface area contributed by atoms with Crippen LogP contribution in [0, 0.1) is 0 Å². The zero-order valence-electron chi connectivity index (χ0n) is 9.45. The van der Waals surface area contributed by atoms with Crippen LogP contribution in [0.5, 0.6) is 0 Å². The molecule has 0 amide bonds. The van der Waals surface area contributed by atoms with Crippen molar-refractivity contribution in [1.29, 1.82) is 0 Å². The quantitative estimate of drug-likeness (QED) is 0.833. The summed E-state index contributed by atoms with van der Waals surface area (Å²) < 4.78 is 4.75. The van der Waals surface area contributed by atoms with Crippen molar-refractivity contribution in [2.75, 3.05) is 19.5 Å². The van der Waals surface area contributed by atoms with Crippen LogP contribution in [-0.4, -0.2) is 25.1 Å². The molecule has 4 nitrogen and oxygen atoms in total. The Bertz CT molecular complexity index is 584. The van der Waals surface area contributed by atoms with Crippen LogP contribution in [0.4, 0.5) is 5.82 Å². The minimum absolute atomic E-state index is 0.406. The maximum absolute atomic E-state index is 11.7. The zero-order valence-corrected chi connectivity index (χ0v) is 10.2. The van der Waals surface area contributed by atoms with Gasteiger partial charge < -0.3 is 10.1 Å². The number of methoxy groups -OCH3 is 1. The zero-order chi connectivity index (χ0) is 12.4. The average Bonchev–Trinajstić information content (AvgIpc) is 2.36. The van der Waals surface area contributed by atoms with Gasteiger partial charge in [-0.05, 0) is 24.3 Å². The van der Waals surface area contributed by atoms with Gasteiger partial charge in [-0.25, -0.2) is 9.78 Å². The first-order valence-corrected chi connectivity index (χ1v) is 5.40. The molecule has 0 aliphatic heterocycles. The average molecular weight is 251 g/mol. The van der Waals surface area contributed by atoms with Crippen LogP contribution in [0.2, 0.25) is 5.02 Å². The third kappa shape index (κ3) is 2.17. The van der Waals surface area contributed by atoms with E-state index in [1.165, 1.54) is 7.11 Å². The molecule has 17 heavy (non-hydrogen) atoms. The largest absolute Gasteiger partial charge is 0.465 e. The fourth-order valence-corrected chi connectivity index (χ4v) is 1.78. The number of hydrogen-bond donors (Lipinski definition) is 1. The Kier molecular flexibility index (Phi) is 3.15. The molecule has 0 fully saturated rings. The molecule has 2 rings (SSSR count). The van der Waals surface area contributed by atoms with Gasteiger partial charge in [-0.1, -0.05) is 11.6 Å². The number of fused-ring (bicyclic) bond motifs is 1. The Labute approximate surface area is 104 Å². The smallest absolute Gasteiger partial charge is 0.338 e. The van der Waals surface area contributed by atoms with Crippen LogP contribution in [-0.2, 0) is 4.74 Å². The Balaban J connectivity index is 2.76. The van der Waals surface area contributed by atoms with E-state index in [1.54, 1.807) is 31.3 Å². The molecular weight excluding hydrogens is 240 g/mol. The maximum Gasteiger partial charge on any atom is 0.338 e. The molecular formula is C12H11ClN2O2. The standard InChI is InChI=1S/C12H11ClN2O2/c1-14-11-6-9(12(16)17-2)8-5-7(13)3-4-10(8)15-11/h3-6H,1-2H3,(H,14,15). The van der Waals surface area contributed by atoms with E-state index in [9.17, 15) is 4.79 Å². The highest BCUT2D eigenvalue weighted by Crippen LogP contribution is 2.24. The molecule has 1 aromatic carbocycles. The van der Waals surface area contributed by atoms with Gasteiger partial charge in [-0.3, -0.25) is 0 Å². The third-order valence-corrected chi connectivity index (χ3v) is 2.67. The first-order chi connectivity index (χ1) is 8.15. The van der Waals surface area contributed by atoms with Crippen molar-refractivity contribution in [3.05, 3.63) is 34.9 Å². The van der Waals surface area contributed by atoms with Crippen molar-refractivity contribution in [3.63, 3.8) is 0 Å². The number of esters is 1. The SMILES string of the molecule is CNc1cc(C(=O)OC)c2cc(Cl)ccc2n1. The van der Waals surface area contributed by atoms with E-state index in [4.69, 9.17) is 16.3 Å². The molecule has 0 saturated heterocycles. The number of nitrogens with zero attached hydrogens (tertiary/aromatic N) is 1. The summed E-state index contributed by atoms with van der Waals surface area (Å²) in [7, 11) is 3.09. The first kappa shape index (κ1) is 11.7. The van der Waals surface area contributed by atoms with Crippen molar-refractivity contribution in [2.45, 2.75) is 0 Å². The number of aromatic nitrogens is 1. The first-order valence-electron chi connectivity index (χ1n) is 5.02. The van der Waals surface area contributed by atoms with Crippen molar-refractivity contribution in [1.82, 2.24) is 4.98 Å². The van der Waals surface area contributed by atoms with Crippen molar-refractivity contribution in [3.8, 4) is 0 Å². The third-order valence-electron chi connectivity index (χ3n) is 2.43. The lowest BCUT2D eigenvalue weighted by molar-refractivity contribution is 0.0603. The minimum Gasteiger partial charge on any atom is -0.465 e.